The van der Waals surface area contributed by atoms with Crippen molar-refractivity contribution in [3.05, 3.63) is 41.7 Å². The SMILES string of the molecule is CC(=O)c1ccc(NC(=O)Cn2cc(C=O)nn2)cc1. The molecule has 2 rings (SSSR count). The van der Waals surface area contributed by atoms with Crippen molar-refractivity contribution >= 4 is 23.7 Å². The van der Waals surface area contributed by atoms with E-state index in [1.165, 1.54) is 17.8 Å². The van der Waals surface area contributed by atoms with Crippen LogP contribution >= 0.6 is 0 Å². The maximum absolute atomic E-state index is 11.7. The Morgan fingerprint density at radius 2 is 2.00 bits per heavy atom. The molecule has 0 radical (unpaired) electrons. The molecule has 0 fully saturated rings. The summed E-state index contributed by atoms with van der Waals surface area (Å²) in [6.45, 7) is 1.43. The lowest BCUT2D eigenvalue weighted by molar-refractivity contribution is -0.116. The summed E-state index contributed by atoms with van der Waals surface area (Å²) in [6, 6.07) is 6.56. The number of ketones is 1. The van der Waals surface area contributed by atoms with Crippen LogP contribution in [0.15, 0.2) is 30.5 Å². The molecule has 7 nitrogen and oxygen atoms in total. The van der Waals surface area contributed by atoms with E-state index >= 15 is 0 Å². The quantitative estimate of drug-likeness (QED) is 0.645. The maximum Gasteiger partial charge on any atom is 0.246 e. The highest BCUT2D eigenvalue weighted by molar-refractivity contribution is 5.95. The van der Waals surface area contributed by atoms with Gasteiger partial charge in [0.1, 0.15) is 12.2 Å². The van der Waals surface area contributed by atoms with Crippen LogP contribution in [0.25, 0.3) is 0 Å². The average Bonchev–Trinajstić information content (AvgIpc) is 2.86. The molecule has 20 heavy (non-hydrogen) atoms. The number of aldehydes is 1. The predicted molar refractivity (Wildman–Crippen MR) is 70.5 cm³/mol. The minimum atomic E-state index is -0.303. The molecule has 0 saturated carbocycles. The van der Waals surface area contributed by atoms with E-state index in [-0.39, 0.29) is 23.9 Å². The normalized spacial score (nSPS) is 10.1. The van der Waals surface area contributed by atoms with Gasteiger partial charge in [-0.2, -0.15) is 0 Å². The van der Waals surface area contributed by atoms with Gasteiger partial charge in [0, 0.05) is 11.3 Å². The van der Waals surface area contributed by atoms with Gasteiger partial charge in [-0.25, -0.2) is 4.68 Å². The fourth-order valence-electron chi connectivity index (χ4n) is 1.58. The molecule has 2 aromatic rings. The van der Waals surface area contributed by atoms with Gasteiger partial charge in [-0.3, -0.25) is 14.4 Å². The van der Waals surface area contributed by atoms with Crippen LogP contribution in [0.5, 0.6) is 0 Å². The van der Waals surface area contributed by atoms with Crippen molar-refractivity contribution in [3.8, 4) is 0 Å². The Labute approximate surface area is 114 Å². The van der Waals surface area contributed by atoms with Crippen LogP contribution in [0.4, 0.5) is 5.69 Å². The first-order valence-electron chi connectivity index (χ1n) is 5.84. The van der Waals surface area contributed by atoms with E-state index in [0.717, 1.165) is 0 Å². The Balaban J connectivity index is 1.97. The number of carbonyl (C=O) groups excluding carboxylic acids is 3. The number of amides is 1. The molecule has 7 heteroatoms. The number of hydrogen-bond donors (Lipinski definition) is 1. The molecule has 0 aliphatic carbocycles. The zero-order valence-electron chi connectivity index (χ0n) is 10.7. The van der Waals surface area contributed by atoms with E-state index in [0.29, 0.717) is 17.5 Å². The molecule has 102 valence electrons. The predicted octanol–water partition coefficient (Wildman–Crippen LogP) is 0.932. The number of benzene rings is 1. The largest absolute Gasteiger partial charge is 0.324 e. The second kappa shape index (κ2) is 5.87. The number of anilines is 1. The molecule has 1 heterocycles. The van der Waals surface area contributed by atoms with Crippen molar-refractivity contribution in [2.45, 2.75) is 13.5 Å². The van der Waals surface area contributed by atoms with Crippen LogP contribution in [0.2, 0.25) is 0 Å². The van der Waals surface area contributed by atoms with Gasteiger partial charge < -0.3 is 5.32 Å². The monoisotopic (exact) mass is 272 g/mol. The number of hydrogen-bond acceptors (Lipinski definition) is 5. The van der Waals surface area contributed by atoms with Crippen molar-refractivity contribution in [1.82, 2.24) is 15.0 Å². The van der Waals surface area contributed by atoms with Crippen LogP contribution in [-0.2, 0) is 11.3 Å². The summed E-state index contributed by atoms with van der Waals surface area (Å²) in [7, 11) is 0. The molecule has 1 N–H and O–H groups in total. The molecular weight excluding hydrogens is 260 g/mol. The fraction of sp³-hybridized carbons (Fsp3) is 0.154. The number of nitrogens with zero attached hydrogens (tertiary/aromatic N) is 3. The molecular formula is C13H12N4O3. The van der Waals surface area contributed by atoms with Crippen LogP contribution in [-0.4, -0.2) is 33.0 Å². The highest BCUT2D eigenvalue weighted by Gasteiger charge is 2.06. The smallest absolute Gasteiger partial charge is 0.246 e. The van der Waals surface area contributed by atoms with Gasteiger partial charge in [-0.15, -0.1) is 5.10 Å². The Morgan fingerprint density at radius 3 is 2.55 bits per heavy atom. The minimum absolute atomic E-state index is 0.0353. The first-order chi connectivity index (χ1) is 9.58. The number of rotatable bonds is 5. The molecule has 0 unspecified atom stereocenters. The molecule has 0 spiro atoms. The topological polar surface area (TPSA) is 94.0 Å². The fourth-order valence-corrected chi connectivity index (χ4v) is 1.58. The lowest BCUT2D eigenvalue weighted by Gasteiger charge is -2.05. The molecule has 0 bridgehead atoms. The Bertz CT molecular complexity index is 646. The van der Waals surface area contributed by atoms with E-state index in [4.69, 9.17) is 0 Å². The zero-order chi connectivity index (χ0) is 14.5. The minimum Gasteiger partial charge on any atom is -0.324 e. The van der Waals surface area contributed by atoms with Gasteiger partial charge in [0.25, 0.3) is 0 Å². The first kappa shape index (κ1) is 13.6. The molecule has 0 saturated heterocycles. The van der Waals surface area contributed by atoms with Crippen molar-refractivity contribution in [2.75, 3.05) is 5.32 Å². The third-order valence-corrected chi connectivity index (χ3v) is 2.56. The Kier molecular flexibility index (Phi) is 3.99. The van der Waals surface area contributed by atoms with Gasteiger partial charge in [-0.1, -0.05) is 5.21 Å². The number of Topliss-reactive ketones (excluding diaryl/α,β-unsaturated/α-hetero) is 1. The van der Waals surface area contributed by atoms with Crippen molar-refractivity contribution < 1.29 is 14.4 Å². The summed E-state index contributed by atoms with van der Waals surface area (Å²) >= 11 is 0. The average molecular weight is 272 g/mol. The second-order valence-corrected chi connectivity index (χ2v) is 4.14. The van der Waals surface area contributed by atoms with Gasteiger partial charge in [0.05, 0.1) is 6.20 Å². The standard InChI is InChI=1S/C13H12N4O3/c1-9(19)10-2-4-11(5-3-10)14-13(20)7-17-6-12(8-18)15-16-17/h2-6,8H,7H2,1H3,(H,14,20). The Hall–Kier alpha value is -2.83. The van der Waals surface area contributed by atoms with Crippen molar-refractivity contribution in [3.63, 3.8) is 0 Å². The molecule has 0 aliphatic rings. The number of nitrogens with one attached hydrogen (secondary N) is 1. The zero-order valence-corrected chi connectivity index (χ0v) is 10.7. The van der Waals surface area contributed by atoms with Gasteiger partial charge in [0.15, 0.2) is 12.1 Å². The Morgan fingerprint density at radius 1 is 1.30 bits per heavy atom. The van der Waals surface area contributed by atoms with Crippen LogP contribution < -0.4 is 5.32 Å². The second-order valence-electron chi connectivity index (χ2n) is 4.14. The van der Waals surface area contributed by atoms with Crippen molar-refractivity contribution in [2.24, 2.45) is 0 Å². The first-order valence-corrected chi connectivity index (χ1v) is 5.84. The molecule has 1 aromatic carbocycles. The van der Waals surface area contributed by atoms with Gasteiger partial charge >= 0.3 is 0 Å². The summed E-state index contributed by atoms with van der Waals surface area (Å²) in [5, 5.41) is 9.85. The number of carbonyl (C=O) groups is 3. The van der Waals surface area contributed by atoms with Crippen LogP contribution in [0, 0.1) is 0 Å². The van der Waals surface area contributed by atoms with Gasteiger partial charge in [0.2, 0.25) is 5.91 Å². The van der Waals surface area contributed by atoms with Crippen molar-refractivity contribution in [1.29, 1.82) is 0 Å². The highest BCUT2D eigenvalue weighted by Crippen LogP contribution is 2.10. The van der Waals surface area contributed by atoms with E-state index in [1.54, 1.807) is 24.3 Å². The van der Waals surface area contributed by atoms with E-state index in [9.17, 15) is 14.4 Å². The third kappa shape index (κ3) is 3.35. The maximum atomic E-state index is 11.7. The molecule has 0 atom stereocenters. The highest BCUT2D eigenvalue weighted by atomic mass is 16.2. The summed E-state index contributed by atoms with van der Waals surface area (Å²) in [5.74, 6) is -0.338. The number of aromatic nitrogens is 3. The summed E-state index contributed by atoms with van der Waals surface area (Å²) in [5.41, 5.74) is 1.33. The third-order valence-electron chi connectivity index (χ3n) is 2.56. The lowest BCUT2D eigenvalue weighted by atomic mass is 10.1. The van der Waals surface area contributed by atoms with E-state index < -0.39 is 0 Å². The molecule has 1 amide bonds. The summed E-state index contributed by atoms with van der Waals surface area (Å²) in [6.07, 6.45) is 1.94. The lowest BCUT2D eigenvalue weighted by Crippen LogP contribution is -2.19. The summed E-state index contributed by atoms with van der Waals surface area (Å²) < 4.78 is 1.27. The van der Waals surface area contributed by atoms with E-state index in [1.807, 2.05) is 0 Å². The van der Waals surface area contributed by atoms with Crippen LogP contribution in [0.3, 0.4) is 0 Å². The van der Waals surface area contributed by atoms with Crippen LogP contribution in [0.1, 0.15) is 27.8 Å². The molecule has 0 aliphatic heterocycles. The summed E-state index contributed by atoms with van der Waals surface area (Å²) in [4.78, 5) is 33.3. The van der Waals surface area contributed by atoms with Gasteiger partial charge in [-0.05, 0) is 31.2 Å². The van der Waals surface area contributed by atoms with E-state index in [2.05, 4.69) is 15.6 Å². The molecule has 1 aromatic heterocycles.